The second kappa shape index (κ2) is 19.6. The lowest BCUT2D eigenvalue weighted by Gasteiger charge is -2.18. The molecule has 1 unspecified atom stereocenters. The Balaban J connectivity index is 1.26. The third-order valence-electron chi connectivity index (χ3n) is 8.52. The lowest BCUT2D eigenvalue weighted by molar-refractivity contribution is -0.116. The SMILES string of the molecule is CCOC(=O)c1c(NC(=O)C(Sc2cccc(NC(=O)/C(=C\c3ccccc3Cl)NC(=O)c3ccccc3)c2)c2ccccc2)sc(C(=O)Nc2ccccc2)c1C. The number of thiophene rings is 1. The van der Waals surface area contributed by atoms with Gasteiger partial charge in [-0.1, -0.05) is 103 Å². The molecule has 4 N–H and O–H groups in total. The van der Waals surface area contributed by atoms with E-state index in [4.69, 9.17) is 16.3 Å². The predicted molar refractivity (Wildman–Crippen MR) is 231 cm³/mol. The Morgan fingerprint density at radius 1 is 0.741 bits per heavy atom. The highest BCUT2D eigenvalue weighted by molar-refractivity contribution is 8.00. The average molecular weight is 829 g/mol. The van der Waals surface area contributed by atoms with Crippen molar-refractivity contribution < 1.29 is 28.7 Å². The number of halogens is 1. The van der Waals surface area contributed by atoms with Crippen LogP contribution in [0.5, 0.6) is 0 Å². The van der Waals surface area contributed by atoms with Gasteiger partial charge in [-0.3, -0.25) is 19.2 Å². The molecule has 6 rings (SSSR count). The number of esters is 1. The summed E-state index contributed by atoms with van der Waals surface area (Å²) >= 11 is 8.61. The molecule has 13 heteroatoms. The minimum absolute atomic E-state index is 0.0398. The first-order valence-electron chi connectivity index (χ1n) is 18.0. The van der Waals surface area contributed by atoms with Crippen molar-refractivity contribution >= 4 is 86.7 Å². The number of carbonyl (C=O) groups is 5. The van der Waals surface area contributed by atoms with Crippen LogP contribution in [-0.2, 0) is 14.3 Å². The normalized spacial score (nSPS) is 11.5. The quantitative estimate of drug-likeness (QED) is 0.0486. The van der Waals surface area contributed by atoms with Crippen LogP contribution in [0.3, 0.4) is 0 Å². The summed E-state index contributed by atoms with van der Waals surface area (Å²) in [7, 11) is 0. The van der Waals surface area contributed by atoms with Crippen molar-refractivity contribution in [3.05, 3.63) is 183 Å². The zero-order valence-corrected chi connectivity index (χ0v) is 33.7. The van der Waals surface area contributed by atoms with E-state index in [1.807, 2.05) is 36.4 Å². The van der Waals surface area contributed by atoms with Gasteiger partial charge in [0.15, 0.2) is 0 Å². The highest BCUT2D eigenvalue weighted by Crippen LogP contribution is 2.40. The zero-order chi connectivity index (χ0) is 41.0. The van der Waals surface area contributed by atoms with Crippen LogP contribution >= 0.6 is 34.7 Å². The van der Waals surface area contributed by atoms with Gasteiger partial charge >= 0.3 is 5.97 Å². The summed E-state index contributed by atoms with van der Waals surface area (Å²) in [6.45, 7) is 3.42. The van der Waals surface area contributed by atoms with E-state index in [1.165, 1.54) is 17.8 Å². The number of rotatable bonds is 14. The van der Waals surface area contributed by atoms with Crippen molar-refractivity contribution in [1.29, 1.82) is 0 Å². The van der Waals surface area contributed by atoms with Gasteiger partial charge in [0.2, 0.25) is 5.91 Å². The van der Waals surface area contributed by atoms with Crippen LogP contribution in [0, 0.1) is 6.92 Å². The Labute approximate surface area is 348 Å². The second-order valence-corrected chi connectivity index (χ2v) is 15.2. The fourth-order valence-electron chi connectivity index (χ4n) is 5.73. The number of hydrogen-bond acceptors (Lipinski definition) is 8. The molecular weight excluding hydrogens is 792 g/mol. The Morgan fingerprint density at radius 3 is 2.07 bits per heavy atom. The van der Waals surface area contributed by atoms with Crippen LogP contribution in [0.4, 0.5) is 16.4 Å². The molecule has 0 aliphatic rings. The molecule has 5 aromatic carbocycles. The molecule has 0 aliphatic heterocycles. The first kappa shape index (κ1) is 41.2. The number of ether oxygens (including phenoxy) is 1. The minimum atomic E-state index is -0.841. The highest BCUT2D eigenvalue weighted by Gasteiger charge is 2.30. The molecule has 58 heavy (non-hydrogen) atoms. The van der Waals surface area contributed by atoms with Crippen LogP contribution in [0.25, 0.3) is 6.08 Å². The molecule has 1 aromatic heterocycles. The highest BCUT2D eigenvalue weighted by atomic mass is 35.5. The van der Waals surface area contributed by atoms with Gasteiger partial charge in [0.05, 0.1) is 17.0 Å². The minimum Gasteiger partial charge on any atom is -0.462 e. The van der Waals surface area contributed by atoms with E-state index in [9.17, 15) is 24.0 Å². The number of carbonyl (C=O) groups excluding carboxylic acids is 5. The molecule has 0 aliphatic carbocycles. The van der Waals surface area contributed by atoms with Crippen LogP contribution in [-0.4, -0.2) is 36.2 Å². The predicted octanol–water partition coefficient (Wildman–Crippen LogP) is 10.0. The summed E-state index contributed by atoms with van der Waals surface area (Å²) in [5.74, 6) is -2.64. The lowest BCUT2D eigenvalue weighted by Crippen LogP contribution is -2.30. The van der Waals surface area contributed by atoms with E-state index in [0.29, 0.717) is 43.5 Å². The first-order valence-corrected chi connectivity index (χ1v) is 20.1. The summed E-state index contributed by atoms with van der Waals surface area (Å²) < 4.78 is 5.34. The molecule has 10 nitrogen and oxygen atoms in total. The molecule has 292 valence electrons. The van der Waals surface area contributed by atoms with Gasteiger partial charge < -0.3 is 26.0 Å². The van der Waals surface area contributed by atoms with Crippen LogP contribution in [0.2, 0.25) is 5.02 Å². The molecule has 0 radical (unpaired) electrons. The largest absolute Gasteiger partial charge is 0.462 e. The van der Waals surface area contributed by atoms with Gasteiger partial charge in [0, 0.05) is 26.9 Å². The maximum absolute atomic E-state index is 14.3. The molecule has 0 saturated heterocycles. The number of para-hydroxylation sites is 1. The third-order valence-corrected chi connectivity index (χ3v) is 11.3. The van der Waals surface area contributed by atoms with E-state index < -0.39 is 34.8 Å². The van der Waals surface area contributed by atoms with E-state index in [0.717, 1.165) is 11.3 Å². The molecule has 1 atom stereocenters. The maximum Gasteiger partial charge on any atom is 0.341 e. The van der Waals surface area contributed by atoms with Gasteiger partial charge in [-0.25, -0.2) is 4.79 Å². The van der Waals surface area contributed by atoms with Gasteiger partial charge in [-0.15, -0.1) is 23.1 Å². The van der Waals surface area contributed by atoms with E-state index in [2.05, 4.69) is 21.3 Å². The number of anilines is 3. The first-order chi connectivity index (χ1) is 28.1. The molecule has 0 spiro atoms. The summed E-state index contributed by atoms with van der Waals surface area (Å²) in [6, 6.07) is 40.4. The summed E-state index contributed by atoms with van der Waals surface area (Å²) in [5.41, 5.74) is 2.97. The van der Waals surface area contributed by atoms with Crippen molar-refractivity contribution in [3.63, 3.8) is 0 Å². The van der Waals surface area contributed by atoms with E-state index >= 15 is 0 Å². The number of thioether (sulfide) groups is 1. The summed E-state index contributed by atoms with van der Waals surface area (Å²) in [5, 5.41) is 11.1. The number of amides is 4. The van der Waals surface area contributed by atoms with Crippen molar-refractivity contribution in [1.82, 2.24) is 5.32 Å². The molecule has 0 fully saturated rings. The molecule has 6 aromatic rings. The monoisotopic (exact) mass is 828 g/mol. The molecule has 1 heterocycles. The van der Waals surface area contributed by atoms with E-state index in [1.54, 1.807) is 117 Å². The molecule has 0 saturated carbocycles. The second-order valence-electron chi connectivity index (χ2n) is 12.6. The zero-order valence-electron chi connectivity index (χ0n) is 31.3. The van der Waals surface area contributed by atoms with Crippen molar-refractivity contribution in [3.8, 4) is 0 Å². The average Bonchev–Trinajstić information content (AvgIpc) is 3.56. The van der Waals surface area contributed by atoms with Gasteiger partial charge in [-0.05, 0) is 85.1 Å². The fraction of sp³-hybridized carbons (Fsp3) is 0.0889. The van der Waals surface area contributed by atoms with Crippen LogP contribution in [0.1, 0.15) is 59.3 Å². The van der Waals surface area contributed by atoms with Crippen LogP contribution < -0.4 is 21.3 Å². The fourth-order valence-corrected chi connectivity index (χ4v) is 8.09. The molecular formula is C45H37ClN4O6S2. The Bertz CT molecular complexity index is 2480. The van der Waals surface area contributed by atoms with Crippen molar-refractivity contribution in [2.45, 2.75) is 24.0 Å². The van der Waals surface area contributed by atoms with Crippen LogP contribution in [0.15, 0.2) is 150 Å². The summed E-state index contributed by atoms with van der Waals surface area (Å²) in [6.07, 6.45) is 1.50. The Hall–Kier alpha value is -6.47. The molecule has 0 bridgehead atoms. The van der Waals surface area contributed by atoms with Crippen molar-refractivity contribution in [2.75, 3.05) is 22.6 Å². The van der Waals surface area contributed by atoms with Gasteiger partial charge in [0.25, 0.3) is 17.7 Å². The number of nitrogens with one attached hydrogen (secondary N) is 4. The lowest BCUT2D eigenvalue weighted by atomic mass is 10.1. The summed E-state index contributed by atoms with van der Waals surface area (Å²) in [4.78, 5) is 68.8. The van der Waals surface area contributed by atoms with Crippen molar-refractivity contribution in [2.24, 2.45) is 0 Å². The Morgan fingerprint density at radius 2 is 1.38 bits per heavy atom. The molecule has 4 amide bonds. The van der Waals surface area contributed by atoms with Gasteiger partial charge in [-0.2, -0.15) is 0 Å². The van der Waals surface area contributed by atoms with Gasteiger partial charge in [0.1, 0.15) is 15.9 Å². The topological polar surface area (TPSA) is 143 Å². The Kier molecular flexibility index (Phi) is 13.9. The van der Waals surface area contributed by atoms with E-state index in [-0.39, 0.29) is 27.7 Å². The maximum atomic E-state index is 14.3. The number of hydrogen-bond donors (Lipinski definition) is 4. The smallest absolute Gasteiger partial charge is 0.341 e. The third kappa shape index (κ3) is 10.5. The standard InChI is InChI=1S/C45H37ClN4O6S2/c1-3-56-45(55)37-28(2)38(42(53)47-32-21-11-6-12-22-32)58-44(37)50-43(54)39(29-16-7-4-8-17-29)57-34-24-15-23-33(27-34)48-41(52)36(26-31-20-13-14-25-35(31)46)49-40(51)30-18-9-5-10-19-30/h4-27,39H,3H2,1-2H3,(H,47,53)(H,48,52)(H,49,51)(H,50,54)/b36-26+. The number of benzene rings is 5.